The van der Waals surface area contributed by atoms with Crippen molar-refractivity contribution in [2.45, 2.75) is 58.3 Å². The Hall–Kier alpha value is -2.30. The molecule has 0 fully saturated rings. The molecule has 0 saturated heterocycles. The number of alkyl carbamates (subject to hydrolysis) is 1. The Kier molecular flexibility index (Phi) is 7.49. The number of carbonyl (C=O) groups is 2. The fourth-order valence-corrected chi connectivity index (χ4v) is 2.11. The predicted molar refractivity (Wildman–Crippen MR) is 93.5 cm³/mol. The number of benzene rings is 1. The molecule has 0 radical (unpaired) electrons. The van der Waals surface area contributed by atoms with Gasteiger partial charge >= 0.3 is 12.1 Å². The molecule has 0 aliphatic rings. The van der Waals surface area contributed by atoms with Gasteiger partial charge in [0, 0.05) is 6.42 Å². The van der Waals surface area contributed by atoms with Crippen molar-refractivity contribution < 1.29 is 19.1 Å². The zero-order valence-electron chi connectivity index (χ0n) is 14.9. The smallest absolute Gasteiger partial charge is 0.408 e. The molecular formula is C19H27NO4. The van der Waals surface area contributed by atoms with Gasteiger partial charge in [0.2, 0.25) is 0 Å². The van der Waals surface area contributed by atoms with Crippen molar-refractivity contribution in [1.82, 2.24) is 5.32 Å². The average molecular weight is 333 g/mol. The van der Waals surface area contributed by atoms with Crippen molar-refractivity contribution in [3.63, 3.8) is 0 Å². The molecule has 132 valence electrons. The number of hydrogen-bond donors (Lipinski definition) is 1. The van der Waals surface area contributed by atoms with Crippen LogP contribution in [-0.2, 0) is 14.3 Å². The third-order valence-electron chi connectivity index (χ3n) is 3.09. The molecule has 0 aromatic heterocycles. The second-order valence-corrected chi connectivity index (χ2v) is 6.64. The van der Waals surface area contributed by atoms with E-state index in [1.54, 1.807) is 33.8 Å². The minimum absolute atomic E-state index is 0.0325. The average Bonchev–Trinajstić information content (AvgIpc) is 2.45. The second-order valence-electron chi connectivity index (χ2n) is 6.64. The molecule has 1 rings (SSSR count). The van der Waals surface area contributed by atoms with E-state index < -0.39 is 17.7 Å². The summed E-state index contributed by atoms with van der Waals surface area (Å²) in [4.78, 5) is 24.2. The standard InChI is InChI=1S/C19H27NO4/c1-6-10-14(2)23-17(21)13-16(15-11-8-7-9-12-15)20-18(22)24-19(3,4)5/h6-9,11-12,14,16H,1,10,13H2,2-5H3,(H,20,22). The molecule has 24 heavy (non-hydrogen) atoms. The van der Waals surface area contributed by atoms with Gasteiger partial charge in [-0.1, -0.05) is 36.4 Å². The zero-order valence-corrected chi connectivity index (χ0v) is 14.9. The van der Waals surface area contributed by atoms with Gasteiger partial charge in [0.1, 0.15) is 11.7 Å². The minimum atomic E-state index is -0.607. The Morgan fingerprint density at radius 2 is 1.88 bits per heavy atom. The van der Waals surface area contributed by atoms with Crippen molar-refractivity contribution in [3.05, 3.63) is 48.6 Å². The lowest BCUT2D eigenvalue weighted by Crippen LogP contribution is -2.36. The minimum Gasteiger partial charge on any atom is -0.462 e. The lowest BCUT2D eigenvalue weighted by atomic mass is 10.0. The summed E-state index contributed by atoms with van der Waals surface area (Å²) >= 11 is 0. The summed E-state index contributed by atoms with van der Waals surface area (Å²) in [6.45, 7) is 10.8. The number of esters is 1. The quantitative estimate of drug-likeness (QED) is 0.601. The summed E-state index contributed by atoms with van der Waals surface area (Å²) in [5.74, 6) is -0.380. The second kappa shape index (κ2) is 9.11. The predicted octanol–water partition coefficient (Wildman–Crippen LogP) is 4.15. The molecule has 1 aromatic carbocycles. The third kappa shape index (κ3) is 7.81. The first-order valence-corrected chi connectivity index (χ1v) is 8.06. The van der Waals surface area contributed by atoms with E-state index in [0.717, 1.165) is 5.56 Å². The molecular weight excluding hydrogens is 306 g/mol. The molecule has 1 N–H and O–H groups in total. The van der Waals surface area contributed by atoms with Crippen molar-refractivity contribution in [3.8, 4) is 0 Å². The third-order valence-corrected chi connectivity index (χ3v) is 3.09. The van der Waals surface area contributed by atoms with E-state index in [1.807, 2.05) is 30.3 Å². The Bertz CT molecular complexity index is 548. The number of nitrogens with one attached hydrogen (secondary N) is 1. The van der Waals surface area contributed by atoms with Crippen LogP contribution >= 0.6 is 0 Å². The molecule has 0 aliphatic carbocycles. The molecule has 1 amide bonds. The van der Waals surface area contributed by atoms with E-state index >= 15 is 0 Å². The summed E-state index contributed by atoms with van der Waals surface area (Å²) in [6, 6.07) is 8.77. The van der Waals surface area contributed by atoms with Crippen molar-refractivity contribution >= 4 is 12.1 Å². The van der Waals surface area contributed by atoms with Crippen LogP contribution in [0, 0.1) is 0 Å². The summed E-state index contributed by atoms with van der Waals surface area (Å²) in [5.41, 5.74) is 0.210. The van der Waals surface area contributed by atoms with E-state index in [2.05, 4.69) is 11.9 Å². The van der Waals surface area contributed by atoms with E-state index in [9.17, 15) is 9.59 Å². The first-order valence-electron chi connectivity index (χ1n) is 8.06. The maximum Gasteiger partial charge on any atom is 0.408 e. The highest BCUT2D eigenvalue weighted by atomic mass is 16.6. The van der Waals surface area contributed by atoms with Crippen LogP contribution < -0.4 is 5.32 Å². The van der Waals surface area contributed by atoms with E-state index in [4.69, 9.17) is 9.47 Å². The molecule has 2 atom stereocenters. The summed E-state index contributed by atoms with van der Waals surface area (Å²) in [5, 5.41) is 2.74. The highest BCUT2D eigenvalue weighted by Crippen LogP contribution is 2.19. The van der Waals surface area contributed by atoms with Crippen LogP contribution in [-0.4, -0.2) is 23.8 Å². The van der Waals surface area contributed by atoms with Crippen LogP contribution in [0.2, 0.25) is 0 Å². The normalized spacial score (nSPS) is 13.5. The number of carbonyl (C=O) groups excluding carboxylic acids is 2. The molecule has 1 aromatic rings. The fraction of sp³-hybridized carbons (Fsp3) is 0.474. The number of ether oxygens (including phenoxy) is 2. The van der Waals surface area contributed by atoms with Crippen molar-refractivity contribution in [2.75, 3.05) is 0 Å². The first kappa shape index (κ1) is 19.7. The van der Waals surface area contributed by atoms with Crippen LogP contribution in [0.1, 0.15) is 52.1 Å². The SMILES string of the molecule is C=CCC(C)OC(=O)CC(NC(=O)OC(C)(C)C)c1ccccc1. The molecule has 0 saturated carbocycles. The van der Waals surface area contributed by atoms with Gasteiger partial charge in [-0.25, -0.2) is 4.79 Å². The Morgan fingerprint density at radius 1 is 1.25 bits per heavy atom. The van der Waals surface area contributed by atoms with Gasteiger partial charge in [0.05, 0.1) is 12.5 Å². The summed E-state index contributed by atoms with van der Waals surface area (Å²) < 4.78 is 10.6. The zero-order chi connectivity index (χ0) is 18.2. The van der Waals surface area contributed by atoms with Crippen molar-refractivity contribution in [1.29, 1.82) is 0 Å². The van der Waals surface area contributed by atoms with Crippen LogP contribution in [0.25, 0.3) is 0 Å². The highest BCUT2D eigenvalue weighted by Gasteiger charge is 2.23. The van der Waals surface area contributed by atoms with Crippen LogP contribution in [0.15, 0.2) is 43.0 Å². The number of amides is 1. The topological polar surface area (TPSA) is 64.6 Å². The maximum atomic E-state index is 12.1. The van der Waals surface area contributed by atoms with Gasteiger partial charge in [0.25, 0.3) is 0 Å². The Balaban J connectivity index is 2.77. The maximum absolute atomic E-state index is 12.1. The van der Waals surface area contributed by atoms with Crippen LogP contribution in [0.4, 0.5) is 4.79 Å². The molecule has 5 heteroatoms. The van der Waals surface area contributed by atoms with Crippen molar-refractivity contribution in [2.24, 2.45) is 0 Å². The Morgan fingerprint density at radius 3 is 2.42 bits per heavy atom. The van der Waals surface area contributed by atoms with Gasteiger partial charge in [-0.05, 0) is 33.3 Å². The largest absolute Gasteiger partial charge is 0.462 e. The van der Waals surface area contributed by atoms with Gasteiger partial charge < -0.3 is 14.8 Å². The number of rotatable bonds is 7. The highest BCUT2D eigenvalue weighted by molar-refractivity contribution is 5.73. The van der Waals surface area contributed by atoms with E-state index in [-0.39, 0.29) is 18.5 Å². The van der Waals surface area contributed by atoms with Crippen LogP contribution in [0.3, 0.4) is 0 Å². The van der Waals surface area contributed by atoms with E-state index in [1.165, 1.54) is 0 Å². The molecule has 2 unspecified atom stereocenters. The monoisotopic (exact) mass is 333 g/mol. The fourth-order valence-electron chi connectivity index (χ4n) is 2.11. The molecule has 0 spiro atoms. The first-order chi connectivity index (χ1) is 11.2. The summed E-state index contributed by atoms with van der Waals surface area (Å²) in [7, 11) is 0. The lowest BCUT2D eigenvalue weighted by Gasteiger charge is -2.24. The Labute approximate surface area is 144 Å². The molecule has 0 aliphatic heterocycles. The van der Waals surface area contributed by atoms with Gasteiger partial charge in [-0.2, -0.15) is 0 Å². The van der Waals surface area contributed by atoms with E-state index in [0.29, 0.717) is 6.42 Å². The molecule has 0 heterocycles. The van der Waals surface area contributed by atoms with Gasteiger partial charge in [-0.3, -0.25) is 4.79 Å². The van der Waals surface area contributed by atoms with Crippen LogP contribution in [0.5, 0.6) is 0 Å². The lowest BCUT2D eigenvalue weighted by molar-refractivity contribution is -0.148. The molecule has 0 bridgehead atoms. The number of hydrogen-bond acceptors (Lipinski definition) is 4. The van der Waals surface area contributed by atoms with Gasteiger partial charge in [0.15, 0.2) is 0 Å². The summed E-state index contributed by atoms with van der Waals surface area (Å²) in [6.07, 6.45) is 1.51. The molecule has 5 nitrogen and oxygen atoms in total. The van der Waals surface area contributed by atoms with Gasteiger partial charge in [-0.15, -0.1) is 6.58 Å².